The molecule has 0 saturated carbocycles. The van der Waals surface area contributed by atoms with Crippen molar-refractivity contribution in [3.8, 4) is 17.3 Å². The van der Waals surface area contributed by atoms with Gasteiger partial charge in [0.25, 0.3) is 6.01 Å². The zero-order valence-electron chi connectivity index (χ0n) is 16.1. The van der Waals surface area contributed by atoms with Gasteiger partial charge in [0, 0.05) is 12.2 Å². The molecule has 0 aliphatic carbocycles. The monoisotopic (exact) mass is 431 g/mol. The minimum absolute atomic E-state index is 0.177. The fourth-order valence-corrected chi connectivity index (χ4v) is 4.22. The topological polar surface area (TPSA) is 110 Å². The summed E-state index contributed by atoms with van der Waals surface area (Å²) in [6.45, 7) is 0.747. The van der Waals surface area contributed by atoms with Crippen LogP contribution in [0, 0.1) is 0 Å². The molecule has 2 aliphatic heterocycles. The van der Waals surface area contributed by atoms with Gasteiger partial charge in [-0.1, -0.05) is 35.9 Å². The lowest BCUT2D eigenvalue weighted by molar-refractivity contribution is 0.00706. The number of imidazole rings is 1. The molecule has 2 aromatic heterocycles. The Balaban J connectivity index is 1.37. The summed E-state index contributed by atoms with van der Waals surface area (Å²) in [5.74, 6) is 0. The van der Waals surface area contributed by atoms with Crippen LogP contribution in [0.15, 0.2) is 30.3 Å². The molecule has 0 spiro atoms. The van der Waals surface area contributed by atoms with Crippen molar-refractivity contribution in [3.05, 3.63) is 40.9 Å². The molecule has 0 unspecified atom stereocenters. The lowest BCUT2D eigenvalue weighted by Gasteiger charge is -2.15. The number of aliphatic hydroxyl groups excluding tert-OH is 2. The maximum absolute atomic E-state index is 9.86. The lowest BCUT2D eigenvalue weighted by atomic mass is 10.1. The highest BCUT2D eigenvalue weighted by atomic mass is 35.5. The Kier molecular flexibility index (Phi) is 5.34. The van der Waals surface area contributed by atoms with Crippen LogP contribution in [0.2, 0.25) is 5.02 Å². The Bertz CT molecular complexity index is 1040. The Morgan fingerprint density at radius 3 is 2.73 bits per heavy atom. The van der Waals surface area contributed by atoms with Crippen molar-refractivity contribution in [2.24, 2.45) is 0 Å². The molecule has 8 nitrogen and oxygen atoms in total. The third-order valence-electron chi connectivity index (χ3n) is 5.50. The molecule has 2 aliphatic rings. The molecule has 5 rings (SSSR count). The van der Waals surface area contributed by atoms with E-state index < -0.39 is 6.10 Å². The zero-order chi connectivity index (χ0) is 20.7. The first-order chi connectivity index (χ1) is 14.6. The van der Waals surface area contributed by atoms with Gasteiger partial charge in [-0.25, -0.2) is 4.98 Å². The zero-order valence-corrected chi connectivity index (χ0v) is 16.9. The molecule has 3 aromatic rings. The van der Waals surface area contributed by atoms with Crippen molar-refractivity contribution in [1.82, 2.24) is 15.0 Å². The van der Waals surface area contributed by atoms with Gasteiger partial charge in [-0.2, -0.15) is 4.98 Å². The van der Waals surface area contributed by atoms with Crippen LogP contribution in [0.25, 0.3) is 22.4 Å². The molecule has 30 heavy (non-hydrogen) atoms. The van der Waals surface area contributed by atoms with Gasteiger partial charge in [0.05, 0.1) is 29.4 Å². The summed E-state index contributed by atoms with van der Waals surface area (Å²) in [5, 5.41) is 19.3. The van der Waals surface area contributed by atoms with Crippen LogP contribution in [0.4, 0.5) is 0 Å². The lowest BCUT2D eigenvalue weighted by Crippen LogP contribution is -2.34. The van der Waals surface area contributed by atoms with Crippen LogP contribution in [0.1, 0.15) is 12.0 Å². The van der Waals surface area contributed by atoms with E-state index in [1.54, 1.807) is 6.07 Å². The predicted octanol–water partition coefficient (Wildman–Crippen LogP) is 2.11. The van der Waals surface area contributed by atoms with Crippen LogP contribution in [-0.4, -0.2) is 69.4 Å². The highest BCUT2D eigenvalue weighted by Gasteiger charge is 2.48. The highest BCUT2D eigenvalue weighted by Crippen LogP contribution is 2.32. The summed E-state index contributed by atoms with van der Waals surface area (Å²) < 4.78 is 17.1. The molecule has 0 radical (unpaired) electrons. The molecule has 158 valence electrons. The van der Waals surface area contributed by atoms with Crippen LogP contribution < -0.4 is 4.74 Å². The number of nitrogens with zero attached hydrogens (tertiary/aromatic N) is 2. The van der Waals surface area contributed by atoms with Gasteiger partial charge in [-0.3, -0.25) is 0 Å². The molecule has 0 bridgehead atoms. The maximum atomic E-state index is 9.86. The molecule has 2 saturated heterocycles. The second-order valence-corrected chi connectivity index (χ2v) is 7.98. The van der Waals surface area contributed by atoms with E-state index in [4.69, 9.17) is 30.9 Å². The molecule has 3 N–H and O–H groups in total. The fourth-order valence-electron chi connectivity index (χ4n) is 3.95. The van der Waals surface area contributed by atoms with E-state index in [9.17, 15) is 5.11 Å². The van der Waals surface area contributed by atoms with Gasteiger partial charge in [0.15, 0.2) is 11.8 Å². The summed E-state index contributed by atoms with van der Waals surface area (Å²) in [7, 11) is 0. The molecule has 9 heteroatoms. The molecule has 0 amide bonds. The van der Waals surface area contributed by atoms with Gasteiger partial charge in [0.2, 0.25) is 0 Å². The number of ether oxygens (including phenoxy) is 3. The Morgan fingerprint density at radius 1 is 1.13 bits per heavy atom. The van der Waals surface area contributed by atoms with E-state index in [2.05, 4.69) is 15.0 Å². The SMILES string of the molecule is OCCCc1ccc(-c2nc3nc(O[C@@H]4CO[C@H]5[C@@H]4OC[C@H]5O)[nH]c3cc2Cl)cc1. The van der Waals surface area contributed by atoms with Crippen molar-refractivity contribution in [2.45, 2.75) is 37.3 Å². The number of aryl methyl sites for hydroxylation is 1. The van der Waals surface area contributed by atoms with Crippen molar-refractivity contribution in [2.75, 3.05) is 19.8 Å². The minimum atomic E-state index is -0.627. The van der Waals surface area contributed by atoms with E-state index in [1.165, 1.54) is 0 Å². The van der Waals surface area contributed by atoms with Crippen LogP contribution in [-0.2, 0) is 15.9 Å². The average Bonchev–Trinajstić information content (AvgIpc) is 3.43. The van der Waals surface area contributed by atoms with Crippen molar-refractivity contribution in [1.29, 1.82) is 0 Å². The largest absolute Gasteiger partial charge is 0.456 e. The highest BCUT2D eigenvalue weighted by molar-refractivity contribution is 6.33. The summed E-state index contributed by atoms with van der Waals surface area (Å²) in [4.78, 5) is 12.1. The standard InChI is InChI=1S/C21H22ClN3O5/c22-13-8-14-20(24-17(13)12-5-3-11(4-6-12)2-1-7-26)25-21(23-14)30-16-10-29-18-15(27)9-28-19(16)18/h3-6,8,15-16,18-19,26-27H,1-2,7,9-10H2,(H,23,24,25)/t15-,16-,18-,19-/m1/s1. The number of fused-ring (bicyclic) bond motifs is 2. The number of hydrogen-bond donors (Lipinski definition) is 3. The summed E-state index contributed by atoms with van der Waals surface area (Å²) in [6.07, 6.45) is -0.0993. The number of benzene rings is 1. The first-order valence-electron chi connectivity index (χ1n) is 9.97. The summed E-state index contributed by atoms with van der Waals surface area (Å²) in [5.41, 5.74) is 3.84. The van der Waals surface area contributed by atoms with E-state index in [0.29, 0.717) is 34.5 Å². The van der Waals surface area contributed by atoms with E-state index >= 15 is 0 Å². The van der Waals surface area contributed by atoms with E-state index in [-0.39, 0.29) is 31.5 Å². The minimum Gasteiger partial charge on any atom is -0.456 e. The normalized spacial score (nSPS) is 25.7. The average molecular weight is 432 g/mol. The Morgan fingerprint density at radius 2 is 1.93 bits per heavy atom. The van der Waals surface area contributed by atoms with Crippen molar-refractivity contribution < 1.29 is 24.4 Å². The molecular formula is C21H22ClN3O5. The first kappa shape index (κ1) is 19.7. The number of halogens is 1. The number of nitrogens with one attached hydrogen (secondary N) is 1. The van der Waals surface area contributed by atoms with Gasteiger partial charge < -0.3 is 29.4 Å². The second-order valence-electron chi connectivity index (χ2n) is 7.58. The Labute approximate surface area is 177 Å². The summed E-state index contributed by atoms with van der Waals surface area (Å²) >= 11 is 6.48. The molecular weight excluding hydrogens is 410 g/mol. The second kappa shape index (κ2) is 8.13. The third-order valence-corrected chi connectivity index (χ3v) is 5.79. The number of aromatic nitrogens is 3. The Hall–Kier alpha value is -2.23. The van der Waals surface area contributed by atoms with Gasteiger partial charge in [0.1, 0.15) is 18.3 Å². The molecule has 4 atom stereocenters. The van der Waals surface area contributed by atoms with E-state index in [1.807, 2.05) is 24.3 Å². The van der Waals surface area contributed by atoms with Crippen LogP contribution in [0.5, 0.6) is 6.01 Å². The van der Waals surface area contributed by atoms with E-state index in [0.717, 1.165) is 24.0 Å². The van der Waals surface area contributed by atoms with Gasteiger partial charge in [-0.15, -0.1) is 0 Å². The molecule has 4 heterocycles. The fraction of sp³-hybridized carbons (Fsp3) is 0.429. The molecule has 2 fully saturated rings. The number of aliphatic hydroxyl groups is 2. The van der Waals surface area contributed by atoms with Gasteiger partial charge >= 0.3 is 0 Å². The number of aromatic amines is 1. The molecule has 1 aromatic carbocycles. The van der Waals surface area contributed by atoms with Gasteiger partial charge in [-0.05, 0) is 24.5 Å². The predicted molar refractivity (Wildman–Crippen MR) is 110 cm³/mol. The van der Waals surface area contributed by atoms with Crippen molar-refractivity contribution in [3.63, 3.8) is 0 Å². The van der Waals surface area contributed by atoms with Crippen molar-refractivity contribution >= 4 is 22.8 Å². The van der Waals surface area contributed by atoms with Crippen LogP contribution in [0.3, 0.4) is 0 Å². The summed E-state index contributed by atoms with van der Waals surface area (Å²) in [6, 6.07) is 10.1. The quantitative estimate of drug-likeness (QED) is 0.548. The smallest absolute Gasteiger partial charge is 0.296 e. The first-order valence-corrected chi connectivity index (χ1v) is 10.3. The number of hydrogen-bond acceptors (Lipinski definition) is 7. The van der Waals surface area contributed by atoms with Crippen LogP contribution >= 0.6 is 11.6 Å². The number of pyridine rings is 1. The third kappa shape index (κ3) is 3.66. The maximum Gasteiger partial charge on any atom is 0.296 e. The number of H-pyrrole nitrogens is 1. The number of rotatable bonds is 6.